The summed E-state index contributed by atoms with van der Waals surface area (Å²) in [6.45, 7) is 2.07. The summed E-state index contributed by atoms with van der Waals surface area (Å²) in [6.07, 6.45) is 1.79. The van der Waals surface area contributed by atoms with Crippen LogP contribution in [0.4, 0.5) is 5.69 Å². The SMILES string of the molecule is CCCc1nc2ccc(N=C(N)N=C(N)N)cc2o1. The number of aryl methyl sites for hydroxylation is 1. The summed E-state index contributed by atoms with van der Waals surface area (Å²) in [4.78, 5) is 12.1. The number of fused-ring (bicyclic) bond motifs is 1. The van der Waals surface area contributed by atoms with E-state index in [1.807, 2.05) is 6.07 Å². The van der Waals surface area contributed by atoms with Crippen molar-refractivity contribution in [2.24, 2.45) is 27.2 Å². The highest BCUT2D eigenvalue weighted by Crippen LogP contribution is 2.22. The van der Waals surface area contributed by atoms with E-state index in [0.717, 1.165) is 24.2 Å². The highest BCUT2D eigenvalue weighted by Gasteiger charge is 2.05. The molecule has 0 saturated heterocycles. The molecule has 7 nitrogen and oxygen atoms in total. The molecule has 6 N–H and O–H groups in total. The summed E-state index contributed by atoms with van der Waals surface area (Å²) in [7, 11) is 0. The van der Waals surface area contributed by atoms with Crippen LogP contribution in [0, 0.1) is 0 Å². The Kier molecular flexibility index (Phi) is 3.65. The van der Waals surface area contributed by atoms with Crippen molar-refractivity contribution < 1.29 is 4.42 Å². The van der Waals surface area contributed by atoms with Gasteiger partial charge in [0.1, 0.15) is 5.52 Å². The molecule has 0 fully saturated rings. The first-order valence-corrected chi connectivity index (χ1v) is 5.91. The molecular weight excluding hydrogens is 244 g/mol. The number of benzene rings is 1. The average Bonchev–Trinajstić information content (AvgIpc) is 2.69. The van der Waals surface area contributed by atoms with E-state index in [1.54, 1.807) is 12.1 Å². The molecule has 2 rings (SSSR count). The number of hydrogen-bond donors (Lipinski definition) is 3. The van der Waals surface area contributed by atoms with Crippen LogP contribution in [0.25, 0.3) is 11.1 Å². The van der Waals surface area contributed by atoms with Gasteiger partial charge in [-0.25, -0.2) is 9.98 Å². The largest absolute Gasteiger partial charge is 0.441 e. The minimum Gasteiger partial charge on any atom is -0.441 e. The zero-order chi connectivity index (χ0) is 13.8. The van der Waals surface area contributed by atoms with Crippen molar-refractivity contribution in [1.29, 1.82) is 0 Å². The van der Waals surface area contributed by atoms with Crippen molar-refractivity contribution in [2.45, 2.75) is 19.8 Å². The van der Waals surface area contributed by atoms with Crippen molar-refractivity contribution in [3.8, 4) is 0 Å². The summed E-state index contributed by atoms with van der Waals surface area (Å²) in [5.41, 5.74) is 18.1. The minimum atomic E-state index is -0.132. The standard InChI is InChI=1S/C12H16N6O/c1-2-3-10-17-8-5-4-7(6-9(8)19-10)16-12(15)18-11(13)14/h4-6H,2-3H2,1H3,(H6,13,14,15,16,18). The molecule has 1 aromatic heterocycles. The van der Waals surface area contributed by atoms with E-state index in [0.29, 0.717) is 11.3 Å². The maximum Gasteiger partial charge on any atom is 0.223 e. The van der Waals surface area contributed by atoms with Gasteiger partial charge in [0.15, 0.2) is 17.4 Å². The normalized spacial score (nSPS) is 11.7. The Hall–Kier alpha value is -2.57. The van der Waals surface area contributed by atoms with Crippen LogP contribution in [0.1, 0.15) is 19.2 Å². The van der Waals surface area contributed by atoms with Crippen LogP contribution < -0.4 is 17.2 Å². The van der Waals surface area contributed by atoms with Crippen molar-refractivity contribution in [3.05, 3.63) is 24.1 Å². The van der Waals surface area contributed by atoms with Crippen molar-refractivity contribution >= 4 is 28.7 Å². The predicted molar refractivity (Wildman–Crippen MR) is 75.1 cm³/mol. The molecule has 0 atom stereocenters. The fourth-order valence-electron chi connectivity index (χ4n) is 1.64. The molecule has 100 valence electrons. The molecule has 19 heavy (non-hydrogen) atoms. The van der Waals surface area contributed by atoms with Crippen LogP contribution in [0.15, 0.2) is 32.6 Å². The van der Waals surface area contributed by atoms with Gasteiger partial charge in [0.05, 0.1) is 5.69 Å². The Bertz CT molecular complexity index is 639. The molecule has 0 saturated carbocycles. The molecule has 7 heteroatoms. The number of aromatic nitrogens is 1. The fourth-order valence-corrected chi connectivity index (χ4v) is 1.64. The number of rotatable bonds is 3. The third kappa shape index (κ3) is 3.21. The van der Waals surface area contributed by atoms with Gasteiger partial charge in [-0.05, 0) is 18.6 Å². The molecule has 0 unspecified atom stereocenters. The second kappa shape index (κ2) is 5.38. The molecule has 0 aliphatic carbocycles. The third-order valence-electron chi connectivity index (χ3n) is 2.37. The molecule has 0 aliphatic heterocycles. The van der Waals surface area contributed by atoms with E-state index in [-0.39, 0.29) is 11.9 Å². The Morgan fingerprint density at radius 2 is 2.11 bits per heavy atom. The van der Waals surface area contributed by atoms with Gasteiger partial charge in [-0.15, -0.1) is 0 Å². The highest BCUT2D eigenvalue weighted by molar-refractivity contribution is 5.94. The number of nitrogens with two attached hydrogens (primary N) is 3. The molecule has 0 spiro atoms. The van der Waals surface area contributed by atoms with Gasteiger partial charge in [-0.3, -0.25) is 0 Å². The van der Waals surface area contributed by atoms with Gasteiger partial charge in [0, 0.05) is 12.5 Å². The molecule has 2 aromatic rings. The molecule has 0 bridgehead atoms. The predicted octanol–water partition coefficient (Wildman–Crippen LogP) is 1.000. The van der Waals surface area contributed by atoms with Gasteiger partial charge < -0.3 is 21.6 Å². The Morgan fingerprint density at radius 1 is 1.32 bits per heavy atom. The number of hydrogen-bond acceptors (Lipinski definition) is 3. The van der Waals surface area contributed by atoms with Crippen molar-refractivity contribution in [3.63, 3.8) is 0 Å². The van der Waals surface area contributed by atoms with Crippen LogP contribution >= 0.6 is 0 Å². The Labute approximate surface area is 110 Å². The Morgan fingerprint density at radius 3 is 2.79 bits per heavy atom. The van der Waals surface area contributed by atoms with E-state index in [1.165, 1.54) is 0 Å². The number of aliphatic imine (C=N–C) groups is 2. The summed E-state index contributed by atoms with van der Waals surface area (Å²) in [6, 6.07) is 5.34. The van der Waals surface area contributed by atoms with Gasteiger partial charge in [0.2, 0.25) is 5.96 Å². The summed E-state index contributed by atoms with van der Waals surface area (Å²) in [5, 5.41) is 0. The summed E-state index contributed by atoms with van der Waals surface area (Å²) < 4.78 is 5.61. The van der Waals surface area contributed by atoms with Crippen molar-refractivity contribution in [1.82, 2.24) is 4.98 Å². The number of guanidine groups is 2. The topological polar surface area (TPSA) is 129 Å². The lowest BCUT2D eigenvalue weighted by Crippen LogP contribution is -2.26. The van der Waals surface area contributed by atoms with Gasteiger partial charge in [-0.1, -0.05) is 6.92 Å². The molecule has 1 heterocycles. The molecule has 0 radical (unpaired) electrons. The smallest absolute Gasteiger partial charge is 0.223 e. The lowest BCUT2D eigenvalue weighted by atomic mass is 10.3. The van der Waals surface area contributed by atoms with E-state index in [2.05, 4.69) is 21.9 Å². The summed E-state index contributed by atoms with van der Waals surface area (Å²) >= 11 is 0. The Balaban J connectivity index is 2.33. The average molecular weight is 260 g/mol. The lowest BCUT2D eigenvalue weighted by molar-refractivity contribution is 0.525. The third-order valence-corrected chi connectivity index (χ3v) is 2.37. The van der Waals surface area contributed by atoms with Crippen LogP contribution in [0.2, 0.25) is 0 Å². The molecular formula is C12H16N6O. The zero-order valence-electron chi connectivity index (χ0n) is 10.6. The van der Waals surface area contributed by atoms with Gasteiger partial charge in [-0.2, -0.15) is 4.99 Å². The van der Waals surface area contributed by atoms with E-state index in [9.17, 15) is 0 Å². The summed E-state index contributed by atoms with van der Waals surface area (Å²) in [5.74, 6) is 0.579. The second-order valence-corrected chi connectivity index (χ2v) is 4.02. The van der Waals surface area contributed by atoms with Crippen LogP contribution in [0.3, 0.4) is 0 Å². The van der Waals surface area contributed by atoms with Gasteiger partial charge >= 0.3 is 0 Å². The highest BCUT2D eigenvalue weighted by atomic mass is 16.3. The van der Waals surface area contributed by atoms with E-state index < -0.39 is 0 Å². The van der Waals surface area contributed by atoms with E-state index >= 15 is 0 Å². The molecule has 1 aromatic carbocycles. The maximum atomic E-state index is 5.61. The minimum absolute atomic E-state index is 0.00681. The molecule has 0 aliphatic rings. The quantitative estimate of drug-likeness (QED) is 0.560. The number of nitrogens with zero attached hydrogens (tertiary/aromatic N) is 3. The first kappa shape index (κ1) is 12.9. The van der Waals surface area contributed by atoms with E-state index in [4.69, 9.17) is 21.6 Å². The van der Waals surface area contributed by atoms with Gasteiger partial charge in [0.25, 0.3) is 0 Å². The zero-order valence-corrected chi connectivity index (χ0v) is 10.6. The van der Waals surface area contributed by atoms with Crippen LogP contribution in [-0.2, 0) is 6.42 Å². The lowest BCUT2D eigenvalue weighted by Gasteiger charge is -1.95. The maximum absolute atomic E-state index is 5.61. The number of oxazole rings is 1. The van der Waals surface area contributed by atoms with Crippen LogP contribution in [-0.4, -0.2) is 16.9 Å². The van der Waals surface area contributed by atoms with Crippen LogP contribution in [0.5, 0.6) is 0 Å². The fraction of sp³-hybridized carbons (Fsp3) is 0.250. The second-order valence-electron chi connectivity index (χ2n) is 4.02. The monoisotopic (exact) mass is 260 g/mol. The van der Waals surface area contributed by atoms with Crippen molar-refractivity contribution in [2.75, 3.05) is 0 Å². The first-order chi connectivity index (χ1) is 9.08. The first-order valence-electron chi connectivity index (χ1n) is 5.91. The molecule has 0 amide bonds.